The van der Waals surface area contributed by atoms with Crippen LogP contribution >= 0.6 is 11.8 Å². The lowest BCUT2D eigenvalue weighted by Gasteiger charge is -2.20. The molecule has 4 aromatic rings. The summed E-state index contributed by atoms with van der Waals surface area (Å²) in [5.41, 5.74) is 3.17. The third kappa shape index (κ3) is 7.70. The molecule has 0 atom stereocenters. The van der Waals surface area contributed by atoms with Crippen molar-refractivity contribution >= 4 is 40.2 Å². The van der Waals surface area contributed by atoms with Crippen LogP contribution in [0.2, 0.25) is 0 Å². The Morgan fingerprint density at radius 3 is 2.59 bits per heavy atom. The van der Waals surface area contributed by atoms with Gasteiger partial charge in [0.1, 0.15) is 12.1 Å². The fourth-order valence-electron chi connectivity index (χ4n) is 4.05. The molecule has 44 heavy (non-hydrogen) atoms. The molecule has 0 unspecified atom stereocenters. The number of aryl methyl sites for hydroxylation is 1. The van der Waals surface area contributed by atoms with E-state index in [0.29, 0.717) is 29.5 Å². The van der Waals surface area contributed by atoms with Gasteiger partial charge in [0.25, 0.3) is 0 Å². The Labute approximate surface area is 252 Å². The number of thioether (sulfide) groups is 1. The number of aliphatic imine (C=N–C) groups is 1. The van der Waals surface area contributed by atoms with Gasteiger partial charge < -0.3 is 19.5 Å². The molecule has 1 fully saturated rings. The third-order valence-corrected chi connectivity index (χ3v) is 6.88. The minimum absolute atomic E-state index is 0.0419. The van der Waals surface area contributed by atoms with Gasteiger partial charge in [-0.2, -0.15) is 4.99 Å². The van der Waals surface area contributed by atoms with Crippen LogP contribution in [0, 0.1) is 6.92 Å². The van der Waals surface area contributed by atoms with Gasteiger partial charge in [0.15, 0.2) is 17.6 Å². The second-order valence-electron chi connectivity index (χ2n) is 9.23. The van der Waals surface area contributed by atoms with E-state index in [-0.39, 0.29) is 35.1 Å². The van der Waals surface area contributed by atoms with Crippen LogP contribution in [-0.2, 0) is 22.7 Å². The zero-order chi connectivity index (χ0) is 31.3. The molecular formula is C28H24F3N7O5S. The number of ether oxygens (including phenoxy) is 3. The van der Waals surface area contributed by atoms with Crippen molar-refractivity contribution in [3.8, 4) is 17.3 Å². The van der Waals surface area contributed by atoms with Crippen LogP contribution in [0.15, 0.2) is 72.1 Å². The van der Waals surface area contributed by atoms with Crippen molar-refractivity contribution < 1.29 is 37.0 Å². The first-order chi connectivity index (χ1) is 21.1. The Kier molecular flexibility index (Phi) is 9.10. The van der Waals surface area contributed by atoms with Gasteiger partial charge in [0.05, 0.1) is 35.6 Å². The number of hydrogen-bond acceptors (Lipinski definition) is 9. The van der Waals surface area contributed by atoms with Crippen LogP contribution in [0.1, 0.15) is 17.0 Å². The van der Waals surface area contributed by atoms with E-state index in [2.05, 4.69) is 30.1 Å². The maximum absolute atomic E-state index is 12.7. The molecule has 3 amide bonds. The highest BCUT2D eigenvalue weighted by Crippen LogP contribution is 2.31. The monoisotopic (exact) mass is 627 g/mol. The lowest BCUT2D eigenvalue weighted by atomic mass is 10.1. The Morgan fingerprint density at radius 1 is 1.09 bits per heavy atom. The number of carbonyl (C=O) groups is 2. The molecule has 3 heterocycles. The SMILES string of the molecule is COCc1ccc(C)cc1N1C(=O)CS/C1=N\C(=O)Nc1ccc(OCc2ncn(-c3ccc(OC(F)(F)F)cc3)n2)nc1. The van der Waals surface area contributed by atoms with E-state index in [0.717, 1.165) is 22.9 Å². The summed E-state index contributed by atoms with van der Waals surface area (Å²) in [7, 11) is 1.56. The average Bonchev–Trinajstić information content (AvgIpc) is 3.60. The Bertz CT molecular complexity index is 1680. The van der Waals surface area contributed by atoms with Gasteiger partial charge in [0, 0.05) is 18.7 Å². The zero-order valence-corrected chi connectivity index (χ0v) is 24.1. The van der Waals surface area contributed by atoms with Crippen molar-refractivity contribution in [3.05, 3.63) is 84.1 Å². The molecule has 16 heteroatoms. The topological polar surface area (TPSA) is 133 Å². The number of hydrogen-bond donors (Lipinski definition) is 1. The Balaban J connectivity index is 1.17. The molecule has 1 aliphatic rings. The number of carbonyl (C=O) groups excluding carboxylic acids is 2. The van der Waals surface area contributed by atoms with Gasteiger partial charge in [-0.1, -0.05) is 23.9 Å². The van der Waals surface area contributed by atoms with Gasteiger partial charge in [-0.25, -0.2) is 19.4 Å². The smallest absolute Gasteiger partial charge is 0.469 e. The molecule has 228 valence electrons. The quantitative estimate of drug-likeness (QED) is 0.264. The first kappa shape index (κ1) is 30.5. The number of pyridine rings is 1. The van der Waals surface area contributed by atoms with Crippen LogP contribution in [0.3, 0.4) is 0 Å². The predicted octanol–water partition coefficient (Wildman–Crippen LogP) is 5.26. The number of nitrogens with one attached hydrogen (secondary N) is 1. The van der Waals surface area contributed by atoms with Gasteiger partial charge in [0.2, 0.25) is 11.8 Å². The third-order valence-electron chi connectivity index (χ3n) is 5.96. The van der Waals surface area contributed by atoms with E-state index in [1.807, 2.05) is 25.1 Å². The number of alkyl halides is 3. The molecule has 1 aliphatic heterocycles. The van der Waals surface area contributed by atoms with Crippen molar-refractivity contribution in [2.24, 2.45) is 4.99 Å². The molecule has 0 radical (unpaired) electrons. The maximum Gasteiger partial charge on any atom is 0.573 e. The van der Waals surface area contributed by atoms with E-state index >= 15 is 0 Å². The Morgan fingerprint density at radius 2 is 1.89 bits per heavy atom. The van der Waals surface area contributed by atoms with Crippen LogP contribution in [0.4, 0.5) is 29.3 Å². The summed E-state index contributed by atoms with van der Waals surface area (Å²) >= 11 is 1.16. The molecule has 2 aromatic heterocycles. The van der Waals surface area contributed by atoms with E-state index in [4.69, 9.17) is 9.47 Å². The normalized spacial score (nSPS) is 14.2. The van der Waals surface area contributed by atoms with Crippen molar-refractivity contribution in [1.82, 2.24) is 19.7 Å². The number of urea groups is 1. The van der Waals surface area contributed by atoms with Gasteiger partial charge in [-0.05, 0) is 48.9 Å². The highest BCUT2D eigenvalue weighted by molar-refractivity contribution is 8.15. The molecule has 0 bridgehead atoms. The lowest BCUT2D eigenvalue weighted by molar-refractivity contribution is -0.274. The van der Waals surface area contributed by atoms with E-state index < -0.39 is 12.4 Å². The molecule has 0 saturated carbocycles. The standard InChI is InChI=1S/C28H24F3N7O5S/c1-17-3-4-18(13-41-2)22(11-17)38-25(39)15-44-27(38)35-26(40)34-19-5-10-24(32-12-19)42-14-23-33-16-37(36-23)20-6-8-21(9-7-20)43-28(29,30)31/h3-12,16H,13-15H2,1-2H3,(H,34,40)/b35-27-. The van der Waals surface area contributed by atoms with Crippen LogP contribution in [0.25, 0.3) is 5.69 Å². The maximum atomic E-state index is 12.7. The second-order valence-corrected chi connectivity index (χ2v) is 10.2. The molecule has 0 spiro atoms. The minimum atomic E-state index is -4.78. The van der Waals surface area contributed by atoms with Gasteiger partial charge in [-0.15, -0.1) is 18.3 Å². The van der Waals surface area contributed by atoms with Crippen molar-refractivity contribution in [2.75, 3.05) is 23.1 Å². The largest absolute Gasteiger partial charge is 0.573 e. The van der Waals surface area contributed by atoms with Crippen LogP contribution in [0.5, 0.6) is 11.6 Å². The van der Waals surface area contributed by atoms with Crippen molar-refractivity contribution in [3.63, 3.8) is 0 Å². The van der Waals surface area contributed by atoms with Gasteiger partial charge >= 0.3 is 12.4 Å². The number of amides is 3. The second kappa shape index (κ2) is 13.1. The summed E-state index contributed by atoms with van der Waals surface area (Å²) < 4.78 is 53.2. The van der Waals surface area contributed by atoms with Crippen LogP contribution < -0.4 is 19.7 Å². The zero-order valence-electron chi connectivity index (χ0n) is 23.2. The minimum Gasteiger partial charge on any atom is -0.469 e. The fraction of sp³-hybridized carbons (Fsp3) is 0.214. The summed E-state index contributed by atoms with van der Waals surface area (Å²) in [5.74, 6) is 0.131. The summed E-state index contributed by atoms with van der Waals surface area (Å²) in [6.45, 7) is 2.16. The highest BCUT2D eigenvalue weighted by Gasteiger charge is 2.32. The molecule has 1 saturated heterocycles. The molecule has 5 rings (SSSR count). The first-order valence-electron chi connectivity index (χ1n) is 12.9. The molecule has 12 nitrogen and oxygen atoms in total. The number of rotatable bonds is 9. The Hall–Kier alpha value is -4.96. The molecule has 2 aromatic carbocycles. The highest BCUT2D eigenvalue weighted by atomic mass is 32.2. The summed E-state index contributed by atoms with van der Waals surface area (Å²) in [5, 5.41) is 7.12. The molecule has 0 aliphatic carbocycles. The van der Waals surface area contributed by atoms with Gasteiger partial charge in [-0.3, -0.25) is 9.69 Å². The number of amidine groups is 1. The average molecular weight is 628 g/mol. The van der Waals surface area contributed by atoms with Crippen LogP contribution in [-0.4, -0.2) is 56.1 Å². The van der Waals surface area contributed by atoms with E-state index in [1.165, 1.54) is 52.4 Å². The van der Waals surface area contributed by atoms with Crippen molar-refractivity contribution in [2.45, 2.75) is 26.5 Å². The number of aromatic nitrogens is 4. The summed E-state index contributed by atoms with van der Waals surface area (Å²) in [6.07, 6.45) is -2.01. The number of halogens is 3. The summed E-state index contributed by atoms with van der Waals surface area (Å²) in [4.78, 5) is 39.2. The van der Waals surface area contributed by atoms with E-state index in [1.54, 1.807) is 13.2 Å². The number of nitrogens with zero attached hydrogens (tertiary/aromatic N) is 6. The number of methoxy groups -OCH3 is 1. The number of anilines is 2. The fourth-order valence-corrected chi connectivity index (χ4v) is 4.90. The van der Waals surface area contributed by atoms with Crippen molar-refractivity contribution in [1.29, 1.82) is 0 Å². The summed E-state index contributed by atoms with van der Waals surface area (Å²) in [6, 6.07) is 13.2. The first-order valence-corrected chi connectivity index (χ1v) is 13.9. The molecule has 1 N–H and O–H groups in total. The lowest BCUT2D eigenvalue weighted by Crippen LogP contribution is -2.31. The predicted molar refractivity (Wildman–Crippen MR) is 155 cm³/mol. The number of benzene rings is 2. The molecular weight excluding hydrogens is 603 g/mol. The van der Waals surface area contributed by atoms with E-state index in [9.17, 15) is 22.8 Å².